The zero-order valence-corrected chi connectivity index (χ0v) is 16.2. The van der Waals surface area contributed by atoms with Gasteiger partial charge in [-0.15, -0.1) is 0 Å². The molecule has 3 rings (SSSR count). The number of hydrogen-bond acceptors (Lipinski definition) is 4. The van der Waals surface area contributed by atoms with Crippen molar-refractivity contribution in [3.8, 4) is 0 Å². The maximum Gasteiger partial charge on any atom is 0.277 e. The van der Waals surface area contributed by atoms with Gasteiger partial charge in [-0.1, -0.05) is 11.6 Å². The summed E-state index contributed by atoms with van der Waals surface area (Å²) < 4.78 is 53.3. The molecule has 28 heavy (non-hydrogen) atoms. The Morgan fingerprint density at radius 1 is 1.29 bits per heavy atom. The molecule has 0 spiro atoms. The normalized spacial score (nSPS) is 14.6. The molecule has 0 saturated heterocycles. The minimum Gasteiger partial charge on any atom is -0.612 e. The van der Waals surface area contributed by atoms with E-state index in [0.29, 0.717) is 16.9 Å². The van der Waals surface area contributed by atoms with E-state index in [-0.39, 0.29) is 17.3 Å². The van der Waals surface area contributed by atoms with E-state index in [9.17, 15) is 22.5 Å². The van der Waals surface area contributed by atoms with Crippen LogP contribution in [-0.4, -0.2) is 23.3 Å². The van der Waals surface area contributed by atoms with Crippen LogP contribution in [0.3, 0.4) is 0 Å². The molecular weight excluding hydrogens is 417 g/mol. The molecule has 1 unspecified atom stereocenters. The van der Waals surface area contributed by atoms with Crippen LogP contribution >= 0.6 is 11.6 Å². The van der Waals surface area contributed by atoms with Gasteiger partial charge in [0, 0.05) is 6.07 Å². The maximum atomic E-state index is 14.4. The van der Waals surface area contributed by atoms with Crippen LogP contribution in [0.1, 0.15) is 23.2 Å². The Hall–Kier alpha value is -1.94. The second-order valence-corrected chi connectivity index (χ2v) is 8.10. The van der Waals surface area contributed by atoms with E-state index in [1.807, 2.05) is 0 Å². The summed E-state index contributed by atoms with van der Waals surface area (Å²) in [4.78, 5) is 17.7. The maximum absolute atomic E-state index is 14.4. The largest absolute Gasteiger partial charge is 0.612 e. The summed E-state index contributed by atoms with van der Waals surface area (Å²) in [7, 11) is 0. The van der Waals surface area contributed by atoms with E-state index < -0.39 is 45.8 Å². The lowest BCUT2D eigenvalue weighted by Crippen LogP contribution is -2.26. The van der Waals surface area contributed by atoms with Gasteiger partial charge >= 0.3 is 0 Å². The van der Waals surface area contributed by atoms with Crippen molar-refractivity contribution in [3.05, 3.63) is 52.3 Å². The van der Waals surface area contributed by atoms with Gasteiger partial charge in [-0.25, -0.2) is 18.7 Å². The van der Waals surface area contributed by atoms with Gasteiger partial charge in [-0.05, 0) is 48.1 Å². The Labute approximate surface area is 167 Å². The van der Waals surface area contributed by atoms with Crippen LogP contribution in [0.5, 0.6) is 0 Å². The quantitative estimate of drug-likeness (QED) is 0.388. The van der Waals surface area contributed by atoms with Crippen LogP contribution in [0, 0.1) is 23.4 Å². The van der Waals surface area contributed by atoms with Crippen molar-refractivity contribution >= 4 is 40.1 Å². The second-order valence-electron chi connectivity index (χ2n) is 6.32. The molecule has 150 valence electrons. The molecule has 0 aromatic heterocycles. The fourth-order valence-electron chi connectivity index (χ4n) is 2.37. The highest BCUT2D eigenvalue weighted by atomic mass is 35.5. The van der Waals surface area contributed by atoms with E-state index >= 15 is 0 Å². The van der Waals surface area contributed by atoms with Gasteiger partial charge < -0.3 is 9.87 Å². The summed E-state index contributed by atoms with van der Waals surface area (Å²) in [6.07, 6.45) is 3.43. The van der Waals surface area contributed by atoms with Gasteiger partial charge in [0.1, 0.15) is 6.26 Å². The van der Waals surface area contributed by atoms with E-state index in [1.165, 1.54) is 24.5 Å². The van der Waals surface area contributed by atoms with E-state index in [2.05, 4.69) is 10.8 Å². The topological polar surface area (TPSA) is 73.4 Å². The fraction of sp³-hybridized carbons (Fsp3) is 0.278. The zero-order chi connectivity index (χ0) is 20.4. The van der Waals surface area contributed by atoms with Gasteiger partial charge in [0.2, 0.25) is 0 Å². The number of benzene rings is 2. The fourth-order valence-corrected chi connectivity index (χ4v) is 3.21. The van der Waals surface area contributed by atoms with Gasteiger partial charge in [0.05, 0.1) is 28.6 Å². The van der Waals surface area contributed by atoms with Gasteiger partial charge in [0.15, 0.2) is 22.3 Å². The smallest absolute Gasteiger partial charge is 0.277 e. The number of hydrogen-bond donors (Lipinski definition) is 2. The number of rotatable bonds is 7. The molecule has 2 aromatic rings. The van der Waals surface area contributed by atoms with Crippen LogP contribution in [0.4, 0.5) is 24.5 Å². The molecule has 1 aliphatic rings. The first kappa shape index (κ1) is 20.8. The standard InChI is InChI=1S/C18H16ClF3N2O3S/c1-28(26)10-4-5-14(12(19)6-10)23-17-11(7-13(20)15(21)16(17)22)18(25)24-27-8-9-2-3-9/h4-7,9,23H,2-3,8H2,1H3,(H,24,25). The molecular formula is C18H16ClF3N2O3S. The van der Waals surface area contributed by atoms with Crippen molar-refractivity contribution in [2.75, 3.05) is 18.2 Å². The zero-order valence-electron chi connectivity index (χ0n) is 14.7. The number of amides is 1. The summed E-state index contributed by atoms with van der Waals surface area (Å²) in [5, 5.41) is 2.57. The monoisotopic (exact) mass is 432 g/mol. The minimum atomic E-state index is -1.74. The summed E-state index contributed by atoms with van der Waals surface area (Å²) in [5.41, 5.74) is 1.13. The molecule has 5 nitrogen and oxygen atoms in total. The predicted octanol–water partition coefficient (Wildman–Crippen LogP) is 4.31. The van der Waals surface area contributed by atoms with Crippen molar-refractivity contribution in [1.82, 2.24) is 5.48 Å². The van der Waals surface area contributed by atoms with Gasteiger partial charge in [-0.3, -0.25) is 9.63 Å². The Balaban J connectivity index is 1.90. The van der Waals surface area contributed by atoms with Crippen molar-refractivity contribution in [1.29, 1.82) is 0 Å². The van der Waals surface area contributed by atoms with Crippen molar-refractivity contribution in [2.45, 2.75) is 17.7 Å². The Kier molecular flexibility index (Phi) is 6.39. The van der Waals surface area contributed by atoms with Crippen LogP contribution < -0.4 is 10.8 Å². The molecule has 0 radical (unpaired) electrons. The highest BCUT2D eigenvalue weighted by Gasteiger charge is 2.25. The lowest BCUT2D eigenvalue weighted by molar-refractivity contribution is 0.0270. The van der Waals surface area contributed by atoms with Crippen LogP contribution in [0.25, 0.3) is 0 Å². The van der Waals surface area contributed by atoms with Crippen LogP contribution in [0.15, 0.2) is 29.2 Å². The molecule has 0 aliphatic heterocycles. The predicted molar refractivity (Wildman–Crippen MR) is 99.5 cm³/mol. The number of carbonyl (C=O) groups is 1. The van der Waals surface area contributed by atoms with Crippen LogP contribution in [0.2, 0.25) is 5.02 Å². The summed E-state index contributed by atoms with van der Waals surface area (Å²) in [6.45, 7) is 0.280. The first-order valence-electron chi connectivity index (χ1n) is 8.27. The Morgan fingerprint density at radius 2 is 2.00 bits per heavy atom. The number of hydroxylamine groups is 1. The van der Waals surface area contributed by atoms with Crippen molar-refractivity contribution < 1.29 is 27.4 Å². The van der Waals surface area contributed by atoms with Gasteiger partial charge in [0.25, 0.3) is 5.91 Å². The lowest BCUT2D eigenvalue weighted by Gasteiger charge is -2.15. The average Bonchev–Trinajstić information content (AvgIpc) is 3.47. The third-order valence-electron chi connectivity index (χ3n) is 4.12. The number of halogens is 4. The first-order valence-corrected chi connectivity index (χ1v) is 10.2. The minimum absolute atomic E-state index is 0.0631. The number of anilines is 2. The molecule has 10 heteroatoms. The van der Waals surface area contributed by atoms with E-state index in [1.54, 1.807) is 0 Å². The van der Waals surface area contributed by atoms with E-state index in [4.69, 9.17) is 16.4 Å². The molecule has 1 atom stereocenters. The highest BCUT2D eigenvalue weighted by Crippen LogP contribution is 2.33. The molecule has 0 heterocycles. The second kappa shape index (κ2) is 8.60. The third kappa shape index (κ3) is 4.72. The summed E-state index contributed by atoms with van der Waals surface area (Å²) in [5.74, 6) is -5.42. The number of carbonyl (C=O) groups excluding carboxylic acids is 1. The Bertz CT molecular complexity index is 910. The Morgan fingerprint density at radius 3 is 2.61 bits per heavy atom. The first-order chi connectivity index (χ1) is 13.3. The molecule has 2 N–H and O–H groups in total. The number of nitrogens with one attached hydrogen (secondary N) is 2. The summed E-state index contributed by atoms with van der Waals surface area (Å²) in [6, 6.07) is 4.82. The lowest BCUT2D eigenvalue weighted by atomic mass is 10.1. The molecule has 1 amide bonds. The highest BCUT2D eigenvalue weighted by molar-refractivity contribution is 7.90. The SMILES string of the molecule is C[S+]([O-])c1ccc(Nc2c(C(=O)NOCC3CC3)cc(F)c(F)c2F)c(Cl)c1. The van der Waals surface area contributed by atoms with E-state index in [0.717, 1.165) is 12.8 Å². The molecule has 2 aromatic carbocycles. The average molecular weight is 433 g/mol. The van der Waals surface area contributed by atoms with Gasteiger partial charge in [-0.2, -0.15) is 0 Å². The van der Waals surface area contributed by atoms with Crippen molar-refractivity contribution in [2.24, 2.45) is 5.92 Å². The van der Waals surface area contributed by atoms with Crippen molar-refractivity contribution in [3.63, 3.8) is 0 Å². The summed E-state index contributed by atoms with van der Waals surface area (Å²) >= 11 is 4.80. The third-order valence-corrected chi connectivity index (χ3v) is 5.35. The van der Waals surface area contributed by atoms with Crippen LogP contribution in [-0.2, 0) is 16.0 Å². The molecule has 0 bridgehead atoms. The molecule has 1 aliphatic carbocycles. The molecule has 1 saturated carbocycles. The molecule has 1 fully saturated rings.